The Labute approximate surface area is 164 Å². The molecular formula is C14H11F3N4O6S2. The topological polar surface area (TPSA) is 130 Å². The van der Waals surface area contributed by atoms with Crippen LogP contribution in [-0.2, 0) is 14.3 Å². The fourth-order valence-electron chi connectivity index (χ4n) is 2.20. The highest BCUT2D eigenvalue weighted by Crippen LogP contribution is 2.29. The molecule has 3 rings (SSSR count). The lowest BCUT2D eigenvalue weighted by Gasteiger charge is -2.07. The standard InChI is InChI=1S/C14H11F3N4O6S2/c1-29(23,24)25-4-5-28-13-10(18-27-20-13)12-19-26-14(22)21(12)7-2-3-9(15)8(6-7)11(16)17/h2-3,6,11H,4-5H2,1H3. The van der Waals surface area contributed by atoms with Gasteiger partial charge in [-0.2, -0.15) is 8.42 Å². The van der Waals surface area contributed by atoms with Gasteiger partial charge in [-0.05, 0) is 28.5 Å². The van der Waals surface area contributed by atoms with Crippen molar-refractivity contribution in [3.05, 3.63) is 40.1 Å². The molecule has 0 bridgehead atoms. The summed E-state index contributed by atoms with van der Waals surface area (Å²) in [7, 11) is -3.62. The summed E-state index contributed by atoms with van der Waals surface area (Å²) >= 11 is 0.979. The van der Waals surface area contributed by atoms with Gasteiger partial charge in [-0.25, -0.2) is 27.2 Å². The van der Waals surface area contributed by atoms with Crippen LogP contribution >= 0.6 is 11.8 Å². The number of nitrogens with zero attached hydrogens (tertiary/aromatic N) is 4. The Morgan fingerprint density at radius 1 is 1.28 bits per heavy atom. The smallest absolute Gasteiger partial charge is 0.295 e. The van der Waals surface area contributed by atoms with Crippen LogP contribution in [-0.4, -0.2) is 47.1 Å². The summed E-state index contributed by atoms with van der Waals surface area (Å²) in [5, 5.41) is 10.9. The number of rotatable bonds is 8. The molecule has 0 atom stereocenters. The summed E-state index contributed by atoms with van der Waals surface area (Å²) in [6.07, 6.45) is -2.21. The van der Waals surface area contributed by atoms with E-state index in [1.807, 2.05) is 0 Å². The predicted molar refractivity (Wildman–Crippen MR) is 91.8 cm³/mol. The maximum Gasteiger partial charge on any atom is 0.446 e. The van der Waals surface area contributed by atoms with Crippen molar-refractivity contribution in [2.75, 3.05) is 18.6 Å². The first-order valence-electron chi connectivity index (χ1n) is 7.64. The summed E-state index contributed by atoms with van der Waals surface area (Å²) in [4.78, 5) is 12.1. The van der Waals surface area contributed by atoms with Crippen LogP contribution in [0.2, 0.25) is 0 Å². The number of alkyl halides is 2. The van der Waals surface area contributed by atoms with Crippen LogP contribution in [0, 0.1) is 5.82 Å². The van der Waals surface area contributed by atoms with Crippen molar-refractivity contribution < 1.29 is 34.9 Å². The Morgan fingerprint density at radius 2 is 2.03 bits per heavy atom. The van der Waals surface area contributed by atoms with Gasteiger partial charge < -0.3 is 0 Å². The number of halogens is 3. The fraction of sp³-hybridized carbons (Fsp3) is 0.286. The summed E-state index contributed by atoms with van der Waals surface area (Å²) in [6.45, 7) is -0.170. The number of aromatic nitrogens is 4. The molecule has 2 aromatic heterocycles. The van der Waals surface area contributed by atoms with Crippen LogP contribution in [0.1, 0.15) is 12.0 Å². The second-order valence-electron chi connectivity index (χ2n) is 5.41. The van der Waals surface area contributed by atoms with Crippen LogP contribution in [0.25, 0.3) is 17.2 Å². The molecule has 156 valence electrons. The minimum absolute atomic E-state index is 0.0665. The van der Waals surface area contributed by atoms with Crippen LogP contribution in [0.3, 0.4) is 0 Å². The highest BCUT2D eigenvalue weighted by molar-refractivity contribution is 7.99. The number of hydrogen-bond acceptors (Lipinski definition) is 10. The van der Waals surface area contributed by atoms with Crippen molar-refractivity contribution >= 4 is 21.9 Å². The first-order valence-corrected chi connectivity index (χ1v) is 10.4. The van der Waals surface area contributed by atoms with E-state index in [1.165, 1.54) is 0 Å². The van der Waals surface area contributed by atoms with E-state index in [-0.39, 0.29) is 34.6 Å². The predicted octanol–water partition coefficient (Wildman–Crippen LogP) is 2.02. The summed E-state index contributed by atoms with van der Waals surface area (Å²) in [5.74, 6) is -2.27. The number of thioether (sulfide) groups is 1. The Morgan fingerprint density at radius 3 is 2.72 bits per heavy atom. The van der Waals surface area contributed by atoms with E-state index in [9.17, 15) is 26.4 Å². The monoisotopic (exact) mass is 452 g/mol. The average Bonchev–Trinajstić information content (AvgIpc) is 3.24. The maximum atomic E-state index is 13.6. The van der Waals surface area contributed by atoms with Crippen molar-refractivity contribution in [3.63, 3.8) is 0 Å². The molecule has 0 amide bonds. The third-order valence-electron chi connectivity index (χ3n) is 3.37. The summed E-state index contributed by atoms with van der Waals surface area (Å²) in [6, 6.07) is 2.64. The maximum absolute atomic E-state index is 13.6. The molecule has 0 fully saturated rings. The Kier molecular flexibility index (Phi) is 6.09. The molecule has 0 unspecified atom stereocenters. The molecule has 0 aliphatic carbocycles. The van der Waals surface area contributed by atoms with Crippen molar-refractivity contribution in [3.8, 4) is 17.2 Å². The molecule has 3 aromatic rings. The first kappa shape index (κ1) is 21.1. The van der Waals surface area contributed by atoms with Gasteiger partial charge in [0.05, 0.1) is 24.1 Å². The zero-order chi connectivity index (χ0) is 21.2. The molecule has 1 aromatic carbocycles. The highest BCUT2D eigenvalue weighted by atomic mass is 32.2. The van der Waals surface area contributed by atoms with Gasteiger partial charge in [-0.1, -0.05) is 16.9 Å². The Balaban J connectivity index is 1.93. The van der Waals surface area contributed by atoms with E-state index in [4.69, 9.17) is 0 Å². The zero-order valence-corrected chi connectivity index (χ0v) is 16.0. The molecule has 0 saturated carbocycles. The Bertz CT molecular complexity index is 1170. The van der Waals surface area contributed by atoms with Crippen LogP contribution in [0.5, 0.6) is 0 Å². The molecule has 2 heterocycles. The molecule has 0 aliphatic heterocycles. The van der Waals surface area contributed by atoms with Crippen LogP contribution < -0.4 is 5.76 Å². The largest absolute Gasteiger partial charge is 0.446 e. The van der Waals surface area contributed by atoms with Crippen molar-refractivity contribution in [2.24, 2.45) is 0 Å². The van der Waals surface area contributed by atoms with Crippen LogP contribution in [0.4, 0.5) is 13.2 Å². The molecule has 0 saturated heterocycles. The zero-order valence-electron chi connectivity index (χ0n) is 14.4. The second-order valence-corrected chi connectivity index (χ2v) is 8.13. The average molecular weight is 452 g/mol. The van der Waals surface area contributed by atoms with Gasteiger partial charge in [-0.3, -0.25) is 8.71 Å². The summed E-state index contributed by atoms with van der Waals surface area (Å²) in [5.41, 5.74) is -1.11. The van der Waals surface area contributed by atoms with Crippen molar-refractivity contribution in [2.45, 2.75) is 11.5 Å². The van der Waals surface area contributed by atoms with E-state index >= 15 is 0 Å². The van der Waals surface area contributed by atoms with E-state index < -0.39 is 33.7 Å². The lowest BCUT2D eigenvalue weighted by Crippen LogP contribution is -2.14. The normalized spacial score (nSPS) is 12.0. The van der Waals surface area contributed by atoms with Crippen molar-refractivity contribution in [1.29, 1.82) is 0 Å². The SMILES string of the molecule is CS(=O)(=O)OCCSc1nonc1-c1noc(=O)n1-c1ccc(F)c(C(F)F)c1. The van der Waals surface area contributed by atoms with Gasteiger partial charge >= 0.3 is 5.76 Å². The quantitative estimate of drug-likeness (QED) is 0.284. The molecular weight excluding hydrogens is 441 g/mol. The number of benzene rings is 1. The fourth-order valence-corrected chi connectivity index (χ4v) is 3.40. The van der Waals surface area contributed by atoms with E-state index in [0.717, 1.165) is 40.8 Å². The molecule has 29 heavy (non-hydrogen) atoms. The first-order chi connectivity index (χ1) is 13.7. The van der Waals surface area contributed by atoms with Crippen LogP contribution in [0.15, 0.2) is 37.2 Å². The minimum Gasteiger partial charge on any atom is -0.295 e. The number of hydrogen-bond donors (Lipinski definition) is 0. The molecule has 0 radical (unpaired) electrons. The van der Waals surface area contributed by atoms with Gasteiger partial charge in [0.1, 0.15) is 5.82 Å². The molecule has 10 nitrogen and oxygen atoms in total. The van der Waals surface area contributed by atoms with Gasteiger partial charge in [-0.15, -0.1) is 0 Å². The summed E-state index contributed by atoms with van der Waals surface area (Å²) < 4.78 is 76.0. The lowest BCUT2D eigenvalue weighted by atomic mass is 10.2. The third-order valence-corrected chi connectivity index (χ3v) is 4.87. The molecule has 15 heteroatoms. The van der Waals surface area contributed by atoms with E-state index in [1.54, 1.807) is 0 Å². The molecule has 0 N–H and O–H groups in total. The van der Waals surface area contributed by atoms with Gasteiger partial charge in [0.15, 0.2) is 10.7 Å². The molecule has 0 aliphatic rings. The third kappa shape index (κ3) is 4.86. The van der Waals surface area contributed by atoms with Gasteiger partial charge in [0.2, 0.25) is 5.82 Å². The Hall–Kier alpha value is -2.65. The molecule has 0 spiro atoms. The lowest BCUT2D eigenvalue weighted by molar-refractivity contribution is 0.146. The van der Waals surface area contributed by atoms with Crippen molar-refractivity contribution in [1.82, 2.24) is 20.0 Å². The van der Waals surface area contributed by atoms with Gasteiger partial charge in [0.25, 0.3) is 16.5 Å². The highest BCUT2D eigenvalue weighted by Gasteiger charge is 2.24. The van der Waals surface area contributed by atoms with Gasteiger partial charge in [0, 0.05) is 5.75 Å². The van der Waals surface area contributed by atoms with E-state index in [0.29, 0.717) is 0 Å². The van der Waals surface area contributed by atoms with E-state index in [2.05, 4.69) is 28.8 Å². The second kappa shape index (κ2) is 8.38. The minimum atomic E-state index is -3.62.